The van der Waals surface area contributed by atoms with Gasteiger partial charge in [0.05, 0.1) is 23.0 Å². The summed E-state index contributed by atoms with van der Waals surface area (Å²) in [5.74, 6) is 0.938. The van der Waals surface area contributed by atoms with Crippen LogP contribution in [0.15, 0.2) is 68.2 Å². The van der Waals surface area contributed by atoms with Crippen molar-refractivity contribution < 1.29 is 32.2 Å². The van der Waals surface area contributed by atoms with Crippen molar-refractivity contribution in [3.63, 3.8) is 0 Å². The van der Waals surface area contributed by atoms with Crippen LogP contribution in [0.2, 0.25) is 0 Å². The Hall–Kier alpha value is -4.24. The highest BCUT2D eigenvalue weighted by molar-refractivity contribution is 7.90. The predicted molar refractivity (Wildman–Crippen MR) is 159 cm³/mol. The predicted octanol–water partition coefficient (Wildman–Crippen LogP) is 6.34. The van der Waals surface area contributed by atoms with E-state index in [9.17, 15) is 18.3 Å². The highest BCUT2D eigenvalue weighted by atomic mass is 32.2. The summed E-state index contributed by atoms with van der Waals surface area (Å²) in [7, 11) is -1.82. The summed E-state index contributed by atoms with van der Waals surface area (Å²) in [4.78, 5) is 14.2. The Balaban J connectivity index is 1.69. The quantitative estimate of drug-likeness (QED) is 0.200. The molecule has 0 unspecified atom stereocenters. The number of rotatable bonds is 7. The maximum Gasteiger partial charge on any atom is 0.204 e. The van der Waals surface area contributed by atoms with Gasteiger partial charge in [-0.1, -0.05) is 23.8 Å². The topological polar surface area (TPSA) is 112 Å². The fraction of sp³-hybridized carbons (Fsp3) is 0.281. The second-order valence-corrected chi connectivity index (χ2v) is 12.9. The van der Waals surface area contributed by atoms with Gasteiger partial charge >= 0.3 is 0 Å². The van der Waals surface area contributed by atoms with Crippen LogP contribution in [-0.4, -0.2) is 32.5 Å². The third-order valence-electron chi connectivity index (χ3n) is 6.94. The van der Waals surface area contributed by atoms with Crippen LogP contribution >= 0.6 is 0 Å². The summed E-state index contributed by atoms with van der Waals surface area (Å²) >= 11 is 0. The number of ether oxygens (including phenoxy) is 3. The molecule has 1 aliphatic heterocycles. The molecule has 0 radical (unpaired) electrons. The SMILES string of the molecule is COc1c(OCc2ccc(S(C)(=O)=O)cc2)cc2oc3cc4c(c(O)c3c(=O)c2c1CC=C(C)C)C=CC(C)(C)O4. The zero-order valence-corrected chi connectivity index (χ0v) is 24.6. The molecule has 0 aliphatic carbocycles. The highest BCUT2D eigenvalue weighted by Crippen LogP contribution is 2.43. The zero-order valence-electron chi connectivity index (χ0n) is 23.8. The molecule has 0 saturated heterocycles. The van der Waals surface area contributed by atoms with Gasteiger partial charge < -0.3 is 23.7 Å². The van der Waals surface area contributed by atoms with Gasteiger partial charge in [0, 0.05) is 24.0 Å². The first-order valence-corrected chi connectivity index (χ1v) is 15.0. The standard InChI is InChI=1S/C32H32O8S/c1-18(2)7-12-22-27-24(16-26(31(22)37-5)38-17-19-8-10-20(11-9-19)41(6,35)36)39-25-15-23-21(13-14-32(3,4)40-23)29(33)28(25)30(27)34/h7-11,13-16,33H,12,17H2,1-6H3. The van der Waals surface area contributed by atoms with E-state index in [0.29, 0.717) is 34.8 Å². The lowest BCUT2D eigenvalue weighted by atomic mass is 9.97. The number of fused-ring (bicyclic) bond motifs is 3. The molecule has 0 bridgehead atoms. The fourth-order valence-corrected chi connectivity index (χ4v) is 5.48. The number of phenolic OH excluding ortho intramolecular Hbond substituents is 1. The average Bonchev–Trinajstić information content (AvgIpc) is 2.89. The molecule has 214 valence electrons. The van der Waals surface area contributed by atoms with Crippen molar-refractivity contribution in [3.05, 3.63) is 81.0 Å². The lowest BCUT2D eigenvalue weighted by Gasteiger charge is -2.28. The molecular formula is C32H32O8S. The van der Waals surface area contributed by atoms with Crippen molar-refractivity contribution in [1.29, 1.82) is 0 Å². The van der Waals surface area contributed by atoms with Crippen molar-refractivity contribution in [3.8, 4) is 23.0 Å². The second-order valence-electron chi connectivity index (χ2n) is 10.9. The number of aromatic hydroxyl groups is 1. The maximum atomic E-state index is 14.0. The van der Waals surface area contributed by atoms with E-state index in [1.54, 1.807) is 30.3 Å². The molecule has 8 nitrogen and oxygen atoms in total. The van der Waals surface area contributed by atoms with Gasteiger partial charge in [-0.05, 0) is 64.0 Å². The molecule has 0 amide bonds. The van der Waals surface area contributed by atoms with Crippen LogP contribution in [0.4, 0.5) is 0 Å². The molecule has 0 spiro atoms. The number of hydrogen-bond acceptors (Lipinski definition) is 8. The first-order chi connectivity index (χ1) is 19.3. The Morgan fingerprint density at radius 1 is 1.07 bits per heavy atom. The zero-order chi connectivity index (χ0) is 29.7. The van der Waals surface area contributed by atoms with Gasteiger partial charge in [-0.25, -0.2) is 8.42 Å². The molecule has 2 heterocycles. The monoisotopic (exact) mass is 576 g/mol. The minimum absolute atomic E-state index is 0.0596. The number of sulfone groups is 1. The van der Waals surface area contributed by atoms with Gasteiger partial charge in [-0.3, -0.25) is 4.79 Å². The molecule has 1 aliphatic rings. The third kappa shape index (κ3) is 5.41. The minimum atomic E-state index is -3.32. The van der Waals surface area contributed by atoms with E-state index in [-0.39, 0.29) is 39.2 Å². The van der Waals surface area contributed by atoms with Crippen molar-refractivity contribution in [2.24, 2.45) is 0 Å². The Bertz CT molecular complexity index is 1910. The third-order valence-corrected chi connectivity index (χ3v) is 8.07. The lowest BCUT2D eigenvalue weighted by molar-refractivity contribution is 0.158. The van der Waals surface area contributed by atoms with Crippen LogP contribution in [-0.2, 0) is 22.9 Å². The van der Waals surface area contributed by atoms with Gasteiger partial charge in [-0.2, -0.15) is 0 Å². The number of benzene rings is 3. The van der Waals surface area contributed by atoms with E-state index >= 15 is 0 Å². The molecule has 1 aromatic heterocycles. The van der Waals surface area contributed by atoms with E-state index in [0.717, 1.165) is 17.4 Å². The number of allylic oxidation sites excluding steroid dienone is 2. The van der Waals surface area contributed by atoms with Crippen LogP contribution in [0.5, 0.6) is 23.0 Å². The van der Waals surface area contributed by atoms with Gasteiger partial charge in [-0.15, -0.1) is 0 Å². The largest absolute Gasteiger partial charge is 0.506 e. The van der Waals surface area contributed by atoms with E-state index < -0.39 is 20.9 Å². The molecule has 41 heavy (non-hydrogen) atoms. The van der Waals surface area contributed by atoms with E-state index in [1.165, 1.54) is 19.2 Å². The summed E-state index contributed by atoms with van der Waals surface area (Å²) in [6.45, 7) is 7.82. The highest BCUT2D eigenvalue weighted by Gasteiger charge is 2.28. The Labute approximate surface area is 238 Å². The first-order valence-electron chi connectivity index (χ1n) is 13.1. The molecular weight excluding hydrogens is 544 g/mol. The average molecular weight is 577 g/mol. The molecule has 1 N–H and O–H groups in total. The van der Waals surface area contributed by atoms with Crippen molar-refractivity contribution in [2.45, 2.75) is 51.2 Å². The van der Waals surface area contributed by atoms with Gasteiger partial charge in [0.15, 0.2) is 21.3 Å². The van der Waals surface area contributed by atoms with Crippen LogP contribution in [0, 0.1) is 0 Å². The Morgan fingerprint density at radius 3 is 2.39 bits per heavy atom. The van der Waals surface area contributed by atoms with Crippen molar-refractivity contribution in [1.82, 2.24) is 0 Å². The molecule has 0 atom stereocenters. The lowest BCUT2D eigenvalue weighted by Crippen LogP contribution is -2.27. The minimum Gasteiger partial charge on any atom is -0.506 e. The van der Waals surface area contributed by atoms with Gasteiger partial charge in [0.25, 0.3) is 0 Å². The first kappa shape index (κ1) is 28.3. The smallest absolute Gasteiger partial charge is 0.204 e. The Morgan fingerprint density at radius 2 is 1.76 bits per heavy atom. The molecule has 0 saturated carbocycles. The number of methoxy groups -OCH3 is 1. The van der Waals surface area contributed by atoms with Crippen LogP contribution in [0.1, 0.15) is 44.4 Å². The second kappa shape index (κ2) is 10.3. The molecule has 5 rings (SSSR count). The van der Waals surface area contributed by atoms with Gasteiger partial charge in [0.1, 0.15) is 40.3 Å². The van der Waals surface area contributed by atoms with E-state index in [4.69, 9.17) is 18.6 Å². The molecule has 0 fully saturated rings. The summed E-state index contributed by atoms with van der Waals surface area (Å²) in [6.07, 6.45) is 7.07. The summed E-state index contributed by atoms with van der Waals surface area (Å²) in [6, 6.07) is 9.66. The van der Waals surface area contributed by atoms with Crippen molar-refractivity contribution >= 4 is 37.9 Å². The Kier molecular flexibility index (Phi) is 7.11. The normalized spacial score (nSPS) is 14.0. The summed E-state index contributed by atoms with van der Waals surface area (Å²) < 4.78 is 47.8. The van der Waals surface area contributed by atoms with E-state index in [1.807, 2.05) is 39.8 Å². The van der Waals surface area contributed by atoms with Crippen LogP contribution < -0.4 is 19.6 Å². The molecule has 4 aromatic rings. The summed E-state index contributed by atoms with van der Waals surface area (Å²) in [5.41, 5.74) is 2.25. The van der Waals surface area contributed by atoms with Gasteiger partial charge in [0.2, 0.25) is 5.43 Å². The van der Waals surface area contributed by atoms with Crippen LogP contribution in [0.25, 0.3) is 28.0 Å². The molecule has 3 aromatic carbocycles. The fourth-order valence-electron chi connectivity index (χ4n) is 4.85. The van der Waals surface area contributed by atoms with Crippen LogP contribution in [0.3, 0.4) is 0 Å². The van der Waals surface area contributed by atoms with E-state index in [2.05, 4.69) is 0 Å². The summed E-state index contributed by atoms with van der Waals surface area (Å²) in [5, 5.41) is 11.5. The van der Waals surface area contributed by atoms with Crippen molar-refractivity contribution in [2.75, 3.05) is 13.4 Å². The maximum absolute atomic E-state index is 14.0. The molecule has 9 heteroatoms. The number of hydrogen-bond donors (Lipinski definition) is 1. The number of phenols is 1.